The minimum atomic E-state index is -0.711. The summed E-state index contributed by atoms with van der Waals surface area (Å²) in [6, 6.07) is 19.9. The van der Waals surface area contributed by atoms with Crippen LogP contribution in [-0.4, -0.2) is 28.1 Å². The molecule has 33 heavy (non-hydrogen) atoms. The van der Waals surface area contributed by atoms with Gasteiger partial charge >= 0.3 is 0 Å². The molecule has 0 aliphatic heterocycles. The van der Waals surface area contributed by atoms with Crippen molar-refractivity contribution >= 4 is 50.7 Å². The summed E-state index contributed by atoms with van der Waals surface area (Å²) in [4.78, 5) is 26.0. The van der Waals surface area contributed by atoms with Gasteiger partial charge in [0.2, 0.25) is 11.0 Å². The first kappa shape index (κ1) is 22.9. The van der Waals surface area contributed by atoms with E-state index in [-0.39, 0.29) is 17.7 Å². The zero-order valence-corrected chi connectivity index (χ0v) is 19.8. The van der Waals surface area contributed by atoms with Crippen molar-refractivity contribution in [2.45, 2.75) is 26.3 Å². The van der Waals surface area contributed by atoms with Gasteiger partial charge in [-0.25, -0.2) is 0 Å². The standard InChI is InChI=1S/C25H23ClN4O2S/c1-3-15(2)21(27-22(31)19-9-8-16-6-4-5-7-18(16)14-19)23(32)28-25-30-29-24(33-25)17-10-12-20(26)13-11-17/h4-15,21H,3H2,1-2H3,(H,27,31)(H,28,30,32). The Morgan fingerprint density at radius 3 is 2.45 bits per heavy atom. The highest BCUT2D eigenvalue weighted by atomic mass is 35.5. The lowest BCUT2D eigenvalue weighted by Crippen LogP contribution is -2.47. The number of hydrogen-bond donors (Lipinski definition) is 2. The third-order valence-electron chi connectivity index (χ3n) is 5.54. The van der Waals surface area contributed by atoms with Gasteiger partial charge in [-0.3, -0.25) is 14.9 Å². The molecule has 1 aromatic heterocycles. The second kappa shape index (κ2) is 10.1. The van der Waals surface area contributed by atoms with Crippen molar-refractivity contribution in [2.24, 2.45) is 5.92 Å². The molecule has 0 spiro atoms. The van der Waals surface area contributed by atoms with E-state index < -0.39 is 6.04 Å². The molecule has 2 N–H and O–H groups in total. The molecule has 0 fully saturated rings. The van der Waals surface area contributed by atoms with Crippen molar-refractivity contribution in [1.29, 1.82) is 0 Å². The number of carbonyl (C=O) groups is 2. The van der Waals surface area contributed by atoms with Crippen LogP contribution in [0.2, 0.25) is 5.02 Å². The van der Waals surface area contributed by atoms with Gasteiger partial charge in [-0.15, -0.1) is 10.2 Å². The number of halogens is 1. The molecular formula is C25H23ClN4O2S. The van der Waals surface area contributed by atoms with Crippen molar-refractivity contribution in [3.8, 4) is 10.6 Å². The predicted octanol–water partition coefficient (Wildman–Crippen LogP) is 5.79. The first-order chi connectivity index (χ1) is 15.9. The van der Waals surface area contributed by atoms with E-state index in [1.807, 2.05) is 62.4 Å². The fourth-order valence-corrected chi connectivity index (χ4v) is 4.30. The summed E-state index contributed by atoms with van der Waals surface area (Å²) in [6.45, 7) is 3.92. The molecule has 8 heteroatoms. The summed E-state index contributed by atoms with van der Waals surface area (Å²) >= 11 is 7.21. The highest BCUT2D eigenvalue weighted by molar-refractivity contribution is 7.18. The van der Waals surface area contributed by atoms with Gasteiger partial charge < -0.3 is 5.32 Å². The number of benzene rings is 3. The molecule has 4 aromatic rings. The smallest absolute Gasteiger partial charge is 0.251 e. The van der Waals surface area contributed by atoms with Gasteiger partial charge in [-0.05, 0) is 41.0 Å². The molecule has 0 radical (unpaired) electrons. The van der Waals surface area contributed by atoms with Crippen molar-refractivity contribution in [3.05, 3.63) is 77.3 Å². The number of fused-ring (bicyclic) bond motifs is 1. The Morgan fingerprint density at radius 2 is 1.73 bits per heavy atom. The molecule has 6 nitrogen and oxygen atoms in total. The van der Waals surface area contributed by atoms with Crippen molar-refractivity contribution in [1.82, 2.24) is 15.5 Å². The molecule has 0 aliphatic carbocycles. The Labute approximate surface area is 201 Å². The van der Waals surface area contributed by atoms with E-state index >= 15 is 0 Å². The quantitative estimate of drug-likeness (QED) is 0.352. The average molecular weight is 479 g/mol. The fourth-order valence-electron chi connectivity index (χ4n) is 3.42. The maximum absolute atomic E-state index is 13.1. The Kier molecular flexibility index (Phi) is 7.01. The van der Waals surface area contributed by atoms with Crippen LogP contribution in [0.15, 0.2) is 66.7 Å². The minimum absolute atomic E-state index is 0.0712. The molecule has 0 bridgehead atoms. The monoisotopic (exact) mass is 478 g/mol. The van der Waals surface area contributed by atoms with Crippen LogP contribution < -0.4 is 10.6 Å². The maximum Gasteiger partial charge on any atom is 0.251 e. The molecule has 2 amide bonds. The first-order valence-electron chi connectivity index (χ1n) is 10.6. The lowest BCUT2D eigenvalue weighted by molar-refractivity contribution is -0.119. The zero-order chi connectivity index (χ0) is 23.4. The fraction of sp³-hybridized carbons (Fsp3) is 0.200. The van der Waals surface area contributed by atoms with E-state index in [9.17, 15) is 9.59 Å². The van der Waals surface area contributed by atoms with Gasteiger partial charge in [0, 0.05) is 16.1 Å². The first-order valence-corrected chi connectivity index (χ1v) is 11.8. The molecule has 0 aliphatic rings. The zero-order valence-electron chi connectivity index (χ0n) is 18.2. The topological polar surface area (TPSA) is 84.0 Å². The number of anilines is 1. The number of amides is 2. The van der Waals surface area contributed by atoms with Crippen LogP contribution in [0.5, 0.6) is 0 Å². The number of rotatable bonds is 7. The third kappa shape index (κ3) is 5.38. The Balaban J connectivity index is 1.49. The summed E-state index contributed by atoms with van der Waals surface area (Å²) < 4.78 is 0. The van der Waals surface area contributed by atoms with Crippen LogP contribution in [0.3, 0.4) is 0 Å². The molecule has 2 atom stereocenters. The molecule has 1 heterocycles. The van der Waals surface area contributed by atoms with Crippen molar-refractivity contribution in [3.63, 3.8) is 0 Å². The molecule has 168 valence electrons. The lowest BCUT2D eigenvalue weighted by Gasteiger charge is -2.23. The van der Waals surface area contributed by atoms with Crippen LogP contribution in [-0.2, 0) is 4.79 Å². The summed E-state index contributed by atoms with van der Waals surface area (Å²) in [5.41, 5.74) is 1.37. The van der Waals surface area contributed by atoms with E-state index in [0.717, 1.165) is 22.8 Å². The van der Waals surface area contributed by atoms with Gasteiger partial charge in [-0.1, -0.05) is 85.7 Å². The highest BCUT2D eigenvalue weighted by Gasteiger charge is 2.27. The normalized spacial score (nSPS) is 12.8. The Hall–Kier alpha value is -3.29. The Bertz CT molecular complexity index is 1290. The van der Waals surface area contributed by atoms with Gasteiger partial charge in [0.25, 0.3) is 5.91 Å². The van der Waals surface area contributed by atoms with E-state index in [2.05, 4.69) is 20.8 Å². The summed E-state index contributed by atoms with van der Waals surface area (Å²) in [7, 11) is 0. The van der Waals surface area contributed by atoms with Crippen LogP contribution in [0.1, 0.15) is 30.6 Å². The molecule has 0 saturated heterocycles. The number of nitrogens with one attached hydrogen (secondary N) is 2. The van der Waals surface area contributed by atoms with Gasteiger partial charge in [-0.2, -0.15) is 0 Å². The Morgan fingerprint density at radius 1 is 1.00 bits per heavy atom. The van der Waals surface area contributed by atoms with E-state index in [4.69, 9.17) is 11.6 Å². The molecular weight excluding hydrogens is 456 g/mol. The van der Waals surface area contributed by atoms with Crippen LogP contribution >= 0.6 is 22.9 Å². The van der Waals surface area contributed by atoms with Crippen LogP contribution in [0, 0.1) is 5.92 Å². The molecule has 3 aromatic carbocycles. The number of hydrogen-bond acceptors (Lipinski definition) is 5. The average Bonchev–Trinajstić information content (AvgIpc) is 3.30. The summed E-state index contributed by atoms with van der Waals surface area (Å²) in [5, 5.41) is 17.7. The van der Waals surface area contributed by atoms with Crippen molar-refractivity contribution in [2.75, 3.05) is 5.32 Å². The van der Waals surface area contributed by atoms with E-state index in [1.165, 1.54) is 11.3 Å². The number of nitrogens with zero attached hydrogens (tertiary/aromatic N) is 2. The third-order valence-corrected chi connectivity index (χ3v) is 6.68. The van der Waals surface area contributed by atoms with Crippen molar-refractivity contribution < 1.29 is 9.59 Å². The number of carbonyl (C=O) groups excluding carboxylic acids is 2. The lowest BCUT2D eigenvalue weighted by atomic mass is 9.97. The predicted molar refractivity (Wildman–Crippen MR) is 134 cm³/mol. The highest BCUT2D eigenvalue weighted by Crippen LogP contribution is 2.27. The molecule has 4 rings (SSSR count). The van der Waals surface area contributed by atoms with Gasteiger partial charge in [0.05, 0.1) is 0 Å². The second-order valence-electron chi connectivity index (χ2n) is 7.81. The second-order valence-corrected chi connectivity index (χ2v) is 9.22. The van der Waals surface area contributed by atoms with Crippen LogP contribution in [0.4, 0.5) is 5.13 Å². The SMILES string of the molecule is CCC(C)C(NC(=O)c1ccc2ccccc2c1)C(=O)Nc1nnc(-c2ccc(Cl)cc2)s1. The summed E-state index contributed by atoms with van der Waals surface area (Å²) in [5.74, 6) is -0.685. The largest absolute Gasteiger partial charge is 0.340 e. The summed E-state index contributed by atoms with van der Waals surface area (Å²) in [6.07, 6.45) is 0.724. The number of aromatic nitrogens is 2. The van der Waals surface area contributed by atoms with Gasteiger partial charge in [0.1, 0.15) is 11.0 Å². The van der Waals surface area contributed by atoms with E-state index in [0.29, 0.717) is 20.7 Å². The molecule has 0 saturated carbocycles. The molecule has 2 unspecified atom stereocenters. The van der Waals surface area contributed by atoms with Crippen LogP contribution in [0.25, 0.3) is 21.3 Å². The maximum atomic E-state index is 13.1. The van der Waals surface area contributed by atoms with Gasteiger partial charge in [0.15, 0.2) is 0 Å². The minimum Gasteiger partial charge on any atom is -0.340 e. The van der Waals surface area contributed by atoms with E-state index in [1.54, 1.807) is 18.2 Å².